The molecule has 0 bridgehead atoms. The zero-order valence-electron chi connectivity index (χ0n) is 9.41. The smallest absolute Gasteiger partial charge is 0.228 e. The van der Waals surface area contributed by atoms with Crippen LogP contribution in [0, 0.1) is 24.1 Å². The molecule has 4 nitrogen and oxygen atoms in total. The lowest BCUT2D eigenvalue weighted by molar-refractivity contribution is 0.620. The minimum Gasteiger partial charge on any atom is -0.324 e. The van der Waals surface area contributed by atoms with Gasteiger partial charge in [0.2, 0.25) is 5.95 Å². The molecule has 0 unspecified atom stereocenters. The second kappa shape index (κ2) is 5.10. The SMILES string of the molecule is Cc1cc(F)c(Br)cc1Nc1nccc(C#N)n1. The van der Waals surface area contributed by atoms with Crippen molar-refractivity contribution in [1.29, 1.82) is 5.26 Å². The van der Waals surface area contributed by atoms with Gasteiger partial charge in [0.25, 0.3) is 0 Å². The first-order chi connectivity index (χ1) is 8.60. The molecule has 0 saturated carbocycles. The number of nitrogens with zero attached hydrogens (tertiary/aromatic N) is 3. The molecule has 0 spiro atoms. The van der Waals surface area contributed by atoms with Crippen LogP contribution in [0.3, 0.4) is 0 Å². The summed E-state index contributed by atoms with van der Waals surface area (Å²) in [6, 6.07) is 6.45. The average Bonchev–Trinajstić information content (AvgIpc) is 2.36. The number of hydrogen-bond donors (Lipinski definition) is 1. The number of halogens is 2. The summed E-state index contributed by atoms with van der Waals surface area (Å²) in [6.45, 7) is 1.77. The van der Waals surface area contributed by atoms with Crippen LogP contribution in [0.1, 0.15) is 11.3 Å². The highest BCUT2D eigenvalue weighted by molar-refractivity contribution is 9.10. The van der Waals surface area contributed by atoms with Crippen molar-refractivity contribution in [2.75, 3.05) is 5.32 Å². The van der Waals surface area contributed by atoms with Crippen LogP contribution < -0.4 is 5.32 Å². The van der Waals surface area contributed by atoms with Crippen LogP contribution in [0.5, 0.6) is 0 Å². The van der Waals surface area contributed by atoms with E-state index in [4.69, 9.17) is 5.26 Å². The third-order valence-electron chi connectivity index (χ3n) is 2.28. The molecule has 0 aliphatic rings. The van der Waals surface area contributed by atoms with Crippen molar-refractivity contribution >= 4 is 27.6 Å². The number of anilines is 2. The van der Waals surface area contributed by atoms with Crippen LogP contribution in [0.25, 0.3) is 0 Å². The zero-order chi connectivity index (χ0) is 13.1. The Labute approximate surface area is 112 Å². The largest absolute Gasteiger partial charge is 0.324 e. The van der Waals surface area contributed by atoms with Crippen LogP contribution in [0.4, 0.5) is 16.0 Å². The summed E-state index contributed by atoms with van der Waals surface area (Å²) < 4.78 is 13.6. The number of aryl methyl sites for hydroxylation is 1. The van der Waals surface area contributed by atoms with Gasteiger partial charge in [-0.2, -0.15) is 5.26 Å². The van der Waals surface area contributed by atoms with Gasteiger partial charge in [0.1, 0.15) is 17.6 Å². The Morgan fingerprint density at radius 2 is 2.22 bits per heavy atom. The minimum absolute atomic E-state index is 0.270. The monoisotopic (exact) mass is 306 g/mol. The second-order valence-electron chi connectivity index (χ2n) is 3.58. The number of nitriles is 1. The first-order valence-corrected chi connectivity index (χ1v) is 5.85. The van der Waals surface area contributed by atoms with Crippen LogP contribution in [-0.2, 0) is 0 Å². The number of aromatic nitrogens is 2. The van der Waals surface area contributed by atoms with E-state index in [1.807, 2.05) is 6.07 Å². The van der Waals surface area contributed by atoms with Crippen LogP contribution in [0.15, 0.2) is 28.9 Å². The van der Waals surface area contributed by atoms with E-state index in [2.05, 4.69) is 31.2 Å². The summed E-state index contributed by atoms with van der Waals surface area (Å²) in [5, 5.41) is 11.7. The summed E-state index contributed by atoms with van der Waals surface area (Å²) in [6.07, 6.45) is 1.49. The van der Waals surface area contributed by atoms with E-state index in [0.29, 0.717) is 16.1 Å². The molecular formula is C12H8BrFN4. The average molecular weight is 307 g/mol. The van der Waals surface area contributed by atoms with Gasteiger partial charge >= 0.3 is 0 Å². The summed E-state index contributed by atoms with van der Waals surface area (Å²) in [7, 11) is 0. The molecule has 1 N–H and O–H groups in total. The van der Waals surface area contributed by atoms with Gasteiger partial charge in [-0.25, -0.2) is 14.4 Å². The lowest BCUT2D eigenvalue weighted by atomic mass is 10.2. The van der Waals surface area contributed by atoms with Gasteiger partial charge in [0.05, 0.1) is 4.47 Å². The fourth-order valence-corrected chi connectivity index (χ4v) is 1.73. The fourth-order valence-electron chi connectivity index (χ4n) is 1.38. The molecule has 0 atom stereocenters. The van der Waals surface area contributed by atoms with Gasteiger partial charge in [-0.3, -0.25) is 0 Å². The Morgan fingerprint density at radius 1 is 1.44 bits per heavy atom. The van der Waals surface area contributed by atoms with E-state index in [9.17, 15) is 4.39 Å². The van der Waals surface area contributed by atoms with Crippen molar-refractivity contribution in [3.05, 3.63) is 45.9 Å². The summed E-state index contributed by atoms with van der Waals surface area (Å²) in [5.74, 6) is -0.0274. The Balaban J connectivity index is 2.34. The van der Waals surface area contributed by atoms with Crippen molar-refractivity contribution in [1.82, 2.24) is 9.97 Å². The molecule has 0 amide bonds. The number of hydrogen-bond acceptors (Lipinski definition) is 4. The van der Waals surface area contributed by atoms with E-state index in [1.54, 1.807) is 13.0 Å². The molecule has 0 saturated heterocycles. The predicted molar refractivity (Wildman–Crippen MR) is 68.9 cm³/mol. The van der Waals surface area contributed by atoms with Crippen molar-refractivity contribution in [2.24, 2.45) is 0 Å². The van der Waals surface area contributed by atoms with Gasteiger partial charge in [-0.15, -0.1) is 0 Å². The van der Waals surface area contributed by atoms with E-state index in [-0.39, 0.29) is 11.5 Å². The molecule has 2 rings (SSSR count). The third-order valence-corrected chi connectivity index (χ3v) is 2.89. The first kappa shape index (κ1) is 12.5. The maximum atomic E-state index is 13.3. The summed E-state index contributed by atoms with van der Waals surface area (Å²) in [5.41, 5.74) is 1.67. The molecule has 1 heterocycles. The Kier molecular flexibility index (Phi) is 3.53. The molecular weight excluding hydrogens is 299 g/mol. The Bertz CT molecular complexity index is 636. The molecule has 18 heavy (non-hydrogen) atoms. The molecule has 6 heteroatoms. The van der Waals surface area contributed by atoms with Crippen LogP contribution in [0.2, 0.25) is 0 Å². The number of nitrogens with one attached hydrogen (secondary N) is 1. The molecule has 0 aliphatic heterocycles. The van der Waals surface area contributed by atoms with Gasteiger partial charge < -0.3 is 5.32 Å². The molecule has 0 radical (unpaired) electrons. The lowest BCUT2D eigenvalue weighted by Gasteiger charge is -2.09. The van der Waals surface area contributed by atoms with E-state index < -0.39 is 0 Å². The molecule has 0 fully saturated rings. The van der Waals surface area contributed by atoms with Crippen molar-refractivity contribution in [3.63, 3.8) is 0 Å². The van der Waals surface area contributed by atoms with Crippen molar-refractivity contribution in [2.45, 2.75) is 6.92 Å². The van der Waals surface area contributed by atoms with Gasteiger partial charge in [0, 0.05) is 11.9 Å². The van der Waals surface area contributed by atoms with E-state index in [1.165, 1.54) is 18.3 Å². The minimum atomic E-state index is -0.329. The predicted octanol–water partition coefficient (Wildman–Crippen LogP) is 3.30. The van der Waals surface area contributed by atoms with Crippen LogP contribution >= 0.6 is 15.9 Å². The number of rotatable bonds is 2. The highest BCUT2D eigenvalue weighted by Crippen LogP contribution is 2.25. The normalized spacial score (nSPS) is 9.89. The zero-order valence-corrected chi connectivity index (χ0v) is 11.0. The standard InChI is InChI=1S/C12H8BrFN4/c1-7-4-10(14)9(13)5-11(7)18-12-16-3-2-8(6-15)17-12/h2-5H,1H3,(H,16,17,18). The van der Waals surface area contributed by atoms with Gasteiger partial charge in [0.15, 0.2) is 0 Å². The van der Waals surface area contributed by atoms with E-state index in [0.717, 1.165) is 5.56 Å². The van der Waals surface area contributed by atoms with Crippen molar-refractivity contribution in [3.8, 4) is 6.07 Å². The Morgan fingerprint density at radius 3 is 2.94 bits per heavy atom. The lowest BCUT2D eigenvalue weighted by Crippen LogP contribution is -2.00. The number of benzene rings is 1. The Hall–Kier alpha value is -2.00. The molecule has 0 aliphatic carbocycles. The first-order valence-electron chi connectivity index (χ1n) is 5.06. The highest BCUT2D eigenvalue weighted by Gasteiger charge is 2.07. The molecule has 1 aromatic heterocycles. The highest BCUT2D eigenvalue weighted by atomic mass is 79.9. The summed E-state index contributed by atoms with van der Waals surface area (Å²) in [4.78, 5) is 7.98. The van der Waals surface area contributed by atoms with Crippen LogP contribution in [-0.4, -0.2) is 9.97 Å². The molecule has 90 valence electrons. The quantitative estimate of drug-likeness (QED) is 0.924. The maximum Gasteiger partial charge on any atom is 0.228 e. The maximum absolute atomic E-state index is 13.3. The summed E-state index contributed by atoms with van der Waals surface area (Å²) >= 11 is 3.11. The third kappa shape index (κ3) is 2.63. The van der Waals surface area contributed by atoms with Gasteiger partial charge in [-0.05, 0) is 46.6 Å². The molecule has 1 aromatic carbocycles. The van der Waals surface area contributed by atoms with E-state index >= 15 is 0 Å². The molecule has 2 aromatic rings. The topological polar surface area (TPSA) is 61.6 Å². The fraction of sp³-hybridized carbons (Fsp3) is 0.0833. The van der Waals surface area contributed by atoms with Gasteiger partial charge in [-0.1, -0.05) is 0 Å². The second-order valence-corrected chi connectivity index (χ2v) is 4.44. The van der Waals surface area contributed by atoms with Crippen molar-refractivity contribution < 1.29 is 4.39 Å².